The summed E-state index contributed by atoms with van der Waals surface area (Å²) in [5.74, 6) is 0.834. The van der Waals surface area contributed by atoms with Gasteiger partial charge < -0.3 is 14.2 Å². The van der Waals surface area contributed by atoms with E-state index < -0.39 is 0 Å². The maximum Gasteiger partial charge on any atom is 0.243 e. The van der Waals surface area contributed by atoms with Crippen LogP contribution in [0.15, 0.2) is 58.3 Å². The normalized spacial score (nSPS) is 10.4. The summed E-state index contributed by atoms with van der Waals surface area (Å²) < 4.78 is 8.81. The van der Waals surface area contributed by atoms with E-state index in [1.807, 2.05) is 41.1 Å². The molecule has 0 spiro atoms. The number of hydrogen-bond acceptors (Lipinski definition) is 2. The van der Waals surface area contributed by atoms with E-state index in [-0.39, 0.29) is 12.5 Å². The van der Waals surface area contributed by atoms with Crippen LogP contribution in [0, 0.1) is 0 Å². The number of amides is 1. The zero-order chi connectivity index (χ0) is 16.8. The average molecular weight is 442 g/mol. The molecule has 2 aromatic rings. The van der Waals surface area contributed by atoms with Gasteiger partial charge in [-0.3, -0.25) is 4.79 Å². The Morgan fingerprint density at radius 1 is 1.35 bits per heavy atom. The number of carbonyl (C=O) groups is 1. The Balaban J connectivity index is 2.08. The fraction of sp³-hybridized carbons (Fsp3) is 0.235. The number of hydrogen-bond donors (Lipinski definition) is 0. The highest BCUT2D eigenvalue weighted by molar-refractivity contribution is 9.11. The van der Waals surface area contributed by atoms with E-state index in [9.17, 15) is 4.79 Å². The molecule has 0 aliphatic rings. The second-order valence-electron chi connectivity index (χ2n) is 5.02. The summed E-state index contributed by atoms with van der Waals surface area (Å²) in [6.45, 7) is 5.06. The third-order valence-corrected chi connectivity index (χ3v) is 4.47. The van der Waals surface area contributed by atoms with E-state index in [1.165, 1.54) is 0 Å². The minimum absolute atomic E-state index is 0.0320. The van der Waals surface area contributed by atoms with Crippen molar-refractivity contribution in [2.75, 3.05) is 13.7 Å². The van der Waals surface area contributed by atoms with Crippen LogP contribution in [0.4, 0.5) is 0 Å². The first-order valence-corrected chi connectivity index (χ1v) is 8.65. The maximum atomic E-state index is 12.6. The standard InChI is InChI=1S/C17H18Br2N2O2/c1-3-8-20(10-13-4-6-15(23-2)7-5-13)17(22)12-21-11-14(18)9-16(21)19/h3-7,9,11H,1,8,10,12H2,2H3. The van der Waals surface area contributed by atoms with Gasteiger partial charge in [0.25, 0.3) is 0 Å². The van der Waals surface area contributed by atoms with Crippen molar-refractivity contribution in [3.05, 3.63) is 63.8 Å². The molecule has 0 bridgehead atoms. The molecule has 23 heavy (non-hydrogen) atoms. The maximum absolute atomic E-state index is 12.6. The predicted molar refractivity (Wildman–Crippen MR) is 98.4 cm³/mol. The lowest BCUT2D eigenvalue weighted by Crippen LogP contribution is -2.33. The van der Waals surface area contributed by atoms with Crippen LogP contribution in [0.3, 0.4) is 0 Å². The van der Waals surface area contributed by atoms with Crippen molar-refractivity contribution < 1.29 is 9.53 Å². The SMILES string of the molecule is C=CCN(Cc1ccc(OC)cc1)C(=O)Cn1cc(Br)cc1Br. The van der Waals surface area contributed by atoms with Gasteiger partial charge in [0.1, 0.15) is 12.3 Å². The summed E-state index contributed by atoms with van der Waals surface area (Å²) in [7, 11) is 1.63. The van der Waals surface area contributed by atoms with Crippen molar-refractivity contribution >= 4 is 37.8 Å². The lowest BCUT2D eigenvalue weighted by atomic mass is 10.2. The molecule has 1 amide bonds. The molecule has 0 N–H and O–H groups in total. The summed E-state index contributed by atoms with van der Waals surface area (Å²) in [6.07, 6.45) is 3.61. The van der Waals surface area contributed by atoms with Crippen molar-refractivity contribution in [1.82, 2.24) is 9.47 Å². The van der Waals surface area contributed by atoms with Crippen LogP contribution < -0.4 is 4.74 Å². The highest BCUT2D eigenvalue weighted by Gasteiger charge is 2.15. The van der Waals surface area contributed by atoms with Gasteiger partial charge in [0.05, 0.1) is 11.7 Å². The highest BCUT2D eigenvalue weighted by atomic mass is 79.9. The van der Waals surface area contributed by atoms with Gasteiger partial charge in [-0.25, -0.2) is 0 Å². The molecule has 0 radical (unpaired) electrons. The van der Waals surface area contributed by atoms with E-state index in [4.69, 9.17) is 4.74 Å². The molecular formula is C17H18Br2N2O2. The molecule has 1 aromatic carbocycles. The summed E-state index contributed by atoms with van der Waals surface area (Å²) in [5, 5.41) is 0. The third kappa shape index (κ3) is 4.97. The zero-order valence-electron chi connectivity index (χ0n) is 12.8. The lowest BCUT2D eigenvalue weighted by Gasteiger charge is -2.22. The zero-order valence-corrected chi connectivity index (χ0v) is 16.0. The van der Waals surface area contributed by atoms with Crippen molar-refractivity contribution in [2.45, 2.75) is 13.1 Å². The van der Waals surface area contributed by atoms with Crippen molar-refractivity contribution in [2.24, 2.45) is 0 Å². The average Bonchev–Trinajstić information content (AvgIpc) is 2.85. The fourth-order valence-electron chi connectivity index (χ4n) is 2.17. The largest absolute Gasteiger partial charge is 0.497 e. The molecule has 1 heterocycles. The second-order valence-corrected chi connectivity index (χ2v) is 6.75. The molecule has 2 rings (SSSR count). The number of benzene rings is 1. The Morgan fingerprint density at radius 2 is 2.04 bits per heavy atom. The molecule has 0 fully saturated rings. The van der Waals surface area contributed by atoms with Gasteiger partial charge in [-0.05, 0) is 55.6 Å². The summed E-state index contributed by atoms with van der Waals surface area (Å²) in [5.41, 5.74) is 1.05. The van der Waals surface area contributed by atoms with Crippen LogP contribution in [-0.4, -0.2) is 29.0 Å². The van der Waals surface area contributed by atoms with E-state index in [0.717, 1.165) is 20.4 Å². The first-order chi connectivity index (χ1) is 11.0. The number of carbonyl (C=O) groups excluding carboxylic acids is 1. The fourth-order valence-corrected chi connectivity index (χ4v) is 3.42. The monoisotopic (exact) mass is 440 g/mol. The second kappa shape index (κ2) is 8.36. The summed E-state index contributed by atoms with van der Waals surface area (Å²) in [6, 6.07) is 9.63. The van der Waals surface area contributed by atoms with Crippen LogP contribution in [0.2, 0.25) is 0 Å². The van der Waals surface area contributed by atoms with Gasteiger partial charge in [-0.1, -0.05) is 18.2 Å². The number of ether oxygens (including phenoxy) is 1. The number of halogens is 2. The molecule has 122 valence electrons. The van der Waals surface area contributed by atoms with Crippen LogP contribution in [0.1, 0.15) is 5.56 Å². The van der Waals surface area contributed by atoms with Gasteiger partial charge >= 0.3 is 0 Å². The first kappa shape index (κ1) is 17.8. The number of rotatable bonds is 7. The Hall–Kier alpha value is -1.53. The van der Waals surface area contributed by atoms with Gasteiger partial charge in [0, 0.05) is 23.8 Å². The van der Waals surface area contributed by atoms with Crippen molar-refractivity contribution in [1.29, 1.82) is 0 Å². The Kier molecular flexibility index (Phi) is 6.47. The summed E-state index contributed by atoms with van der Waals surface area (Å²) in [4.78, 5) is 14.4. The third-order valence-electron chi connectivity index (χ3n) is 3.35. The number of methoxy groups -OCH3 is 1. The van der Waals surface area contributed by atoms with Crippen molar-refractivity contribution in [3.63, 3.8) is 0 Å². The molecule has 0 saturated carbocycles. The Labute approximate surface area is 153 Å². The molecule has 4 nitrogen and oxygen atoms in total. The first-order valence-electron chi connectivity index (χ1n) is 7.06. The molecular weight excluding hydrogens is 424 g/mol. The van der Waals surface area contributed by atoms with E-state index >= 15 is 0 Å². The van der Waals surface area contributed by atoms with Gasteiger partial charge in [-0.15, -0.1) is 6.58 Å². The van der Waals surface area contributed by atoms with Gasteiger partial charge in [-0.2, -0.15) is 0 Å². The van der Waals surface area contributed by atoms with Gasteiger partial charge in [0.2, 0.25) is 5.91 Å². The molecule has 1 aromatic heterocycles. The predicted octanol–water partition coefficient (Wildman–Crippen LogP) is 4.24. The molecule has 0 saturated heterocycles. The Morgan fingerprint density at radius 3 is 2.57 bits per heavy atom. The van der Waals surface area contributed by atoms with Crippen LogP contribution in [-0.2, 0) is 17.9 Å². The van der Waals surface area contributed by atoms with E-state index in [0.29, 0.717) is 13.1 Å². The minimum atomic E-state index is 0.0320. The quantitative estimate of drug-likeness (QED) is 0.602. The minimum Gasteiger partial charge on any atom is -0.497 e. The number of aromatic nitrogens is 1. The molecule has 0 aliphatic carbocycles. The molecule has 0 atom stereocenters. The van der Waals surface area contributed by atoms with Crippen LogP contribution in [0.5, 0.6) is 5.75 Å². The molecule has 0 unspecified atom stereocenters. The summed E-state index contributed by atoms with van der Waals surface area (Å²) >= 11 is 6.85. The number of nitrogens with zero attached hydrogens (tertiary/aromatic N) is 2. The van der Waals surface area contributed by atoms with Crippen molar-refractivity contribution in [3.8, 4) is 5.75 Å². The topological polar surface area (TPSA) is 34.5 Å². The molecule has 6 heteroatoms. The smallest absolute Gasteiger partial charge is 0.243 e. The lowest BCUT2D eigenvalue weighted by molar-refractivity contribution is -0.131. The van der Waals surface area contributed by atoms with Crippen LogP contribution in [0.25, 0.3) is 0 Å². The molecule has 0 aliphatic heterocycles. The van der Waals surface area contributed by atoms with E-state index in [1.54, 1.807) is 18.1 Å². The van der Waals surface area contributed by atoms with Gasteiger partial charge in [0.15, 0.2) is 0 Å². The highest BCUT2D eigenvalue weighted by Crippen LogP contribution is 2.20. The van der Waals surface area contributed by atoms with Crippen LogP contribution >= 0.6 is 31.9 Å². The van der Waals surface area contributed by atoms with E-state index in [2.05, 4.69) is 38.4 Å². The Bertz CT molecular complexity index is 680.